The van der Waals surface area contributed by atoms with Gasteiger partial charge in [-0.05, 0) is 54.4 Å². The molecule has 0 bridgehead atoms. The Morgan fingerprint density at radius 3 is 2.61 bits per heavy atom. The number of esters is 1. The summed E-state index contributed by atoms with van der Waals surface area (Å²) in [5.74, 6) is 2.17. The van der Waals surface area contributed by atoms with E-state index in [0.29, 0.717) is 34.4 Å². The number of hydrogen-bond acceptors (Lipinski definition) is 8. The van der Waals surface area contributed by atoms with Gasteiger partial charge in [0.25, 0.3) is 17.2 Å². The van der Waals surface area contributed by atoms with Crippen LogP contribution in [-0.4, -0.2) is 39.9 Å². The molecular formula is C30H27N5O6. The fourth-order valence-corrected chi connectivity index (χ4v) is 4.31. The highest BCUT2D eigenvalue weighted by molar-refractivity contribution is 5.94. The Morgan fingerprint density at radius 2 is 1.93 bits per heavy atom. The third kappa shape index (κ3) is 7.13. The van der Waals surface area contributed by atoms with Crippen molar-refractivity contribution >= 4 is 34.2 Å². The molecule has 1 unspecified atom stereocenters. The van der Waals surface area contributed by atoms with Crippen LogP contribution in [-0.2, 0) is 16.1 Å². The molecule has 0 fully saturated rings. The number of nitrogens with zero attached hydrogens (tertiary/aromatic N) is 3. The molecular weight excluding hydrogens is 526 g/mol. The van der Waals surface area contributed by atoms with Gasteiger partial charge in [0.15, 0.2) is 0 Å². The van der Waals surface area contributed by atoms with Crippen LogP contribution in [0.15, 0.2) is 71.5 Å². The molecule has 208 valence electrons. The van der Waals surface area contributed by atoms with Crippen molar-refractivity contribution in [1.82, 2.24) is 15.3 Å². The monoisotopic (exact) mass is 553 g/mol. The third-order valence-corrected chi connectivity index (χ3v) is 6.28. The molecule has 11 heteroatoms. The maximum absolute atomic E-state index is 13.1. The Balaban J connectivity index is 1.53. The van der Waals surface area contributed by atoms with Crippen molar-refractivity contribution in [2.75, 3.05) is 18.1 Å². The van der Waals surface area contributed by atoms with E-state index in [4.69, 9.17) is 11.2 Å². The molecule has 0 aliphatic carbocycles. The summed E-state index contributed by atoms with van der Waals surface area (Å²) in [6, 6.07) is 17.2. The number of nitrogens with one attached hydrogen (secondary N) is 2. The summed E-state index contributed by atoms with van der Waals surface area (Å²) in [6.45, 7) is 3.46. The highest BCUT2D eigenvalue weighted by Gasteiger charge is 2.20. The summed E-state index contributed by atoms with van der Waals surface area (Å²) in [6.07, 6.45) is 5.62. The number of fused-ring (bicyclic) bond motifs is 1. The smallest absolute Gasteiger partial charge is 0.302 e. The molecule has 11 nitrogen and oxygen atoms in total. The molecule has 1 atom stereocenters. The second kappa shape index (κ2) is 12.6. The van der Waals surface area contributed by atoms with Crippen LogP contribution in [0, 0.1) is 29.4 Å². The summed E-state index contributed by atoms with van der Waals surface area (Å²) >= 11 is 0. The van der Waals surface area contributed by atoms with Crippen molar-refractivity contribution in [3.63, 3.8) is 0 Å². The lowest BCUT2D eigenvalue weighted by molar-refractivity contribution is -0.384. The maximum Gasteiger partial charge on any atom is 0.302 e. The first-order valence-electron chi connectivity index (χ1n) is 12.6. The fourth-order valence-electron chi connectivity index (χ4n) is 4.31. The molecule has 0 spiro atoms. The minimum Gasteiger partial charge on any atom is -0.463 e. The molecule has 0 aliphatic rings. The first kappa shape index (κ1) is 28.5. The van der Waals surface area contributed by atoms with Crippen LogP contribution in [0.25, 0.3) is 10.9 Å². The molecule has 1 amide bonds. The first-order chi connectivity index (χ1) is 19.6. The van der Waals surface area contributed by atoms with E-state index in [1.54, 1.807) is 49.4 Å². The average Bonchev–Trinajstić information content (AvgIpc) is 2.95. The van der Waals surface area contributed by atoms with Crippen molar-refractivity contribution in [2.45, 2.75) is 26.4 Å². The predicted octanol–water partition coefficient (Wildman–Crippen LogP) is 3.81. The van der Waals surface area contributed by atoms with E-state index in [1.165, 1.54) is 25.1 Å². The number of aromatic nitrogens is 2. The zero-order valence-corrected chi connectivity index (χ0v) is 22.4. The number of rotatable bonds is 10. The Kier molecular flexibility index (Phi) is 8.74. The molecule has 1 aromatic heterocycles. The van der Waals surface area contributed by atoms with Crippen LogP contribution in [0.3, 0.4) is 0 Å². The lowest BCUT2D eigenvalue weighted by Gasteiger charge is -2.23. The summed E-state index contributed by atoms with van der Waals surface area (Å²) in [5.41, 5.74) is 2.60. The summed E-state index contributed by atoms with van der Waals surface area (Å²) < 4.78 is 5.10. The number of non-ortho nitro benzene ring substituents is 1. The zero-order valence-electron chi connectivity index (χ0n) is 22.4. The van der Waals surface area contributed by atoms with Crippen LogP contribution < -0.4 is 15.8 Å². The highest BCUT2D eigenvalue weighted by Crippen LogP contribution is 2.22. The molecule has 4 rings (SSSR count). The lowest BCUT2D eigenvalue weighted by atomic mass is 10.1. The van der Waals surface area contributed by atoms with E-state index in [2.05, 4.69) is 21.2 Å². The number of anilines is 1. The van der Waals surface area contributed by atoms with Crippen LogP contribution in [0.4, 0.5) is 11.4 Å². The predicted molar refractivity (Wildman–Crippen MR) is 153 cm³/mol. The minimum absolute atomic E-state index is 0.148. The van der Waals surface area contributed by atoms with E-state index in [1.807, 2.05) is 11.0 Å². The second-order valence-electron chi connectivity index (χ2n) is 9.29. The van der Waals surface area contributed by atoms with Gasteiger partial charge in [0.2, 0.25) is 0 Å². The van der Waals surface area contributed by atoms with Gasteiger partial charge in [0.1, 0.15) is 12.4 Å². The molecule has 3 aromatic carbocycles. The molecule has 4 aromatic rings. The number of nitro groups is 1. The van der Waals surface area contributed by atoms with Gasteiger partial charge in [0.05, 0.1) is 28.4 Å². The number of carbonyl (C=O) groups excluding carboxylic acids is 2. The van der Waals surface area contributed by atoms with Gasteiger partial charge in [0, 0.05) is 36.9 Å². The molecule has 0 saturated heterocycles. The molecule has 2 N–H and O–H groups in total. The maximum atomic E-state index is 13.1. The van der Waals surface area contributed by atoms with Gasteiger partial charge in [-0.15, -0.1) is 6.42 Å². The number of amides is 1. The van der Waals surface area contributed by atoms with Gasteiger partial charge < -0.3 is 19.9 Å². The van der Waals surface area contributed by atoms with Gasteiger partial charge in [-0.25, -0.2) is 4.98 Å². The molecule has 0 radical (unpaired) electrons. The third-order valence-electron chi connectivity index (χ3n) is 6.28. The SMILES string of the molecule is C#CCN(Cc1ccc2nc(C)[nH]c(=O)c2c1)c1ccc(C(=O)NC(COC(C)=O)c2cccc([N+](=O)[O-])c2)cc1. The average molecular weight is 554 g/mol. The van der Waals surface area contributed by atoms with Crippen LogP contribution >= 0.6 is 0 Å². The number of benzene rings is 3. The van der Waals surface area contributed by atoms with Crippen molar-refractivity contribution in [3.8, 4) is 12.3 Å². The number of carbonyl (C=O) groups is 2. The molecule has 0 saturated carbocycles. The van der Waals surface area contributed by atoms with Crippen LogP contribution in [0.1, 0.15) is 40.3 Å². The summed E-state index contributed by atoms with van der Waals surface area (Å²) in [7, 11) is 0. The van der Waals surface area contributed by atoms with E-state index in [9.17, 15) is 24.5 Å². The highest BCUT2D eigenvalue weighted by atomic mass is 16.6. The zero-order chi connectivity index (χ0) is 29.5. The Hall–Kier alpha value is -5.50. The Bertz CT molecular complexity index is 1710. The molecule has 0 aliphatic heterocycles. The second-order valence-corrected chi connectivity index (χ2v) is 9.29. The normalized spacial score (nSPS) is 11.3. The number of terminal acetylenes is 1. The standard InChI is InChI=1S/C30H27N5O6/c1-4-14-34(17-21-8-13-27-26(15-21)30(38)32-19(2)31-27)24-11-9-22(10-12-24)29(37)33-28(18-41-20(3)36)23-6-5-7-25(16-23)35(39)40/h1,5-13,15-16,28H,14,17-18H2,2-3H3,(H,33,37)(H,31,32,38). The number of ether oxygens (including phenoxy) is 1. The van der Waals surface area contributed by atoms with E-state index >= 15 is 0 Å². The Morgan fingerprint density at radius 1 is 1.17 bits per heavy atom. The van der Waals surface area contributed by atoms with E-state index in [0.717, 1.165) is 11.3 Å². The molecule has 1 heterocycles. The van der Waals surface area contributed by atoms with Crippen molar-refractivity contribution in [1.29, 1.82) is 0 Å². The number of aryl methyl sites for hydroxylation is 1. The number of aromatic amines is 1. The van der Waals surface area contributed by atoms with E-state index < -0.39 is 22.8 Å². The summed E-state index contributed by atoms with van der Waals surface area (Å²) in [4.78, 5) is 56.6. The van der Waals surface area contributed by atoms with Crippen molar-refractivity contribution < 1.29 is 19.2 Å². The quantitative estimate of drug-likeness (QED) is 0.130. The van der Waals surface area contributed by atoms with Crippen LogP contribution in [0.2, 0.25) is 0 Å². The lowest BCUT2D eigenvalue weighted by Crippen LogP contribution is -2.32. The van der Waals surface area contributed by atoms with E-state index in [-0.39, 0.29) is 24.4 Å². The van der Waals surface area contributed by atoms with Gasteiger partial charge in [-0.1, -0.05) is 24.1 Å². The number of nitro benzene ring substituents is 1. The first-order valence-corrected chi connectivity index (χ1v) is 12.6. The Labute approximate surface area is 235 Å². The summed E-state index contributed by atoms with van der Waals surface area (Å²) in [5, 5.41) is 14.5. The minimum atomic E-state index is -0.807. The number of H-pyrrole nitrogens is 1. The topological polar surface area (TPSA) is 148 Å². The van der Waals surface area contributed by atoms with Crippen molar-refractivity contribution in [2.24, 2.45) is 0 Å². The van der Waals surface area contributed by atoms with Gasteiger partial charge >= 0.3 is 5.97 Å². The molecule has 41 heavy (non-hydrogen) atoms. The van der Waals surface area contributed by atoms with Gasteiger partial charge in [-0.3, -0.25) is 24.5 Å². The largest absolute Gasteiger partial charge is 0.463 e. The van der Waals surface area contributed by atoms with Crippen molar-refractivity contribution in [3.05, 3.63) is 110 Å². The fraction of sp³-hybridized carbons (Fsp3) is 0.200. The van der Waals surface area contributed by atoms with Gasteiger partial charge in [-0.2, -0.15) is 0 Å². The number of hydrogen-bond donors (Lipinski definition) is 2. The van der Waals surface area contributed by atoms with Crippen LogP contribution in [0.5, 0.6) is 0 Å².